The zero-order valence-corrected chi connectivity index (χ0v) is 13.5. The molecule has 0 aliphatic carbocycles. The van der Waals surface area contributed by atoms with E-state index in [1.807, 2.05) is 0 Å². The molecule has 0 spiro atoms. The SMILES string of the molecule is C=CCN1C(=S)N[C@H](c2c(F)cccc2F)C(C(=O)OC)=C1C. The largest absolute Gasteiger partial charge is 0.466 e. The van der Waals surface area contributed by atoms with Gasteiger partial charge in [-0.15, -0.1) is 6.58 Å². The van der Waals surface area contributed by atoms with Gasteiger partial charge in [0, 0.05) is 12.2 Å². The van der Waals surface area contributed by atoms with Crippen LogP contribution in [0.5, 0.6) is 0 Å². The molecule has 0 amide bonds. The third-order valence-electron chi connectivity index (χ3n) is 3.60. The van der Waals surface area contributed by atoms with Crippen LogP contribution in [0.4, 0.5) is 8.78 Å². The predicted octanol–water partition coefficient (Wildman–Crippen LogP) is 2.83. The van der Waals surface area contributed by atoms with Gasteiger partial charge in [-0.05, 0) is 31.3 Å². The topological polar surface area (TPSA) is 41.6 Å². The number of carbonyl (C=O) groups excluding carboxylic acids is 1. The van der Waals surface area contributed by atoms with Crippen LogP contribution in [-0.2, 0) is 9.53 Å². The minimum Gasteiger partial charge on any atom is -0.466 e. The van der Waals surface area contributed by atoms with Gasteiger partial charge in [-0.3, -0.25) is 0 Å². The van der Waals surface area contributed by atoms with Crippen molar-refractivity contribution in [2.75, 3.05) is 13.7 Å². The minimum atomic E-state index is -1.06. The number of nitrogens with one attached hydrogen (secondary N) is 1. The Labute approximate surface area is 138 Å². The predicted molar refractivity (Wildman–Crippen MR) is 86.5 cm³/mol. The summed E-state index contributed by atoms with van der Waals surface area (Å²) >= 11 is 5.24. The van der Waals surface area contributed by atoms with Crippen LogP contribution in [0.2, 0.25) is 0 Å². The molecule has 0 bridgehead atoms. The summed E-state index contributed by atoms with van der Waals surface area (Å²) < 4.78 is 33.1. The van der Waals surface area contributed by atoms with Crippen LogP contribution < -0.4 is 5.32 Å². The summed E-state index contributed by atoms with van der Waals surface area (Å²) in [5.41, 5.74) is 0.299. The normalized spacial score (nSPS) is 17.8. The van der Waals surface area contributed by atoms with Crippen LogP contribution in [-0.4, -0.2) is 29.6 Å². The molecule has 0 unspecified atom stereocenters. The standard InChI is InChI=1S/C16H16F2N2O2S/c1-4-8-20-9(2)12(15(21)22-3)14(19-16(20)23)13-10(17)6-5-7-11(13)18/h4-7,14H,1,8H2,2-3H3,(H,19,23)/t14-/m0/s1. The molecule has 1 aromatic carbocycles. The van der Waals surface area contributed by atoms with Crippen molar-refractivity contribution in [2.24, 2.45) is 0 Å². The van der Waals surface area contributed by atoms with Crippen molar-refractivity contribution in [3.63, 3.8) is 0 Å². The number of esters is 1. The Morgan fingerprint density at radius 2 is 2.09 bits per heavy atom. The van der Waals surface area contributed by atoms with Crippen molar-refractivity contribution in [2.45, 2.75) is 13.0 Å². The molecule has 0 saturated carbocycles. The first-order valence-electron chi connectivity index (χ1n) is 6.84. The Bertz CT molecular complexity index is 683. The van der Waals surface area contributed by atoms with E-state index in [0.717, 1.165) is 12.1 Å². The van der Waals surface area contributed by atoms with E-state index in [0.29, 0.717) is 12.2 Å². The number of hydrogen-bond donors (Lipinski definition) is 1. The number of benzene rings is 1. The molecule has 23 heavy (non-hydrogen) atoms. The van der Waals surface area contributed by atoms with Crippen LogP contribution in [0.1, 0.15) is 18.5 Å². The Balaban J connectivity index is 2.65. The lowest BCUT2D eigenvalue weighted by Gasteiger charge is -2.37. The van der Waals surface area contributed by atoms with Crippen LogP contribution >= 0.6 is 12.2 Å². The van der Waals surface area contributed by atoms with Crippen molar-refractivity contribution >= 4 is 23.3 Å². The Morgan fingerprint density at radius 3 is 2.61 bits per heavy atom. The number of thiocarbonyl (C=S) groups is 1. The molecule has 1 aromatic rings. The highest BCUT2D eigenvalue weighted by atomic mass is 32.1. The maximum Gasteiger partial charge on any atom is 0.337 e. The molecule has 4 nitrogen and oxygen atoms in total. The fourth-order valence-corrected chi connectivity index (χ4v) is 2.84. The first-order chi connectivity index (χ1) is 10.9. The summed E-state index contributed by atoms with van der Waals surface area (Å²) in [6.07, 6.45) is 1.61. The van der Waals surface area contributed by atoms with Gasteiger partial charge in [0.2, 0.25) is 0 Å². The third kappa shape index (κ3) is 3.10. The third-order valence-corrected chi connectivity index (χ3v) is 3.94. The molecule has 2 rings (SSSR count). The fourth-order valence-electron chi connectivity index (χ4n) is 2.51. The van der Waals surface area contributed by atoms with Crippen LogP contribution in [0, 0.1) is 11.6 Å². The summed E-state index contributed by atoms with van der Waals surface area (Å²) in [6, 6.07) is 2.46. The average molecular weight is 338 g/mol. The Kier molecular flexibility index (Phi) is 5.10. The second-order valence-corrected chi connectivity index (χ2v) is 5.29. The number of carbonyl (C=O) groups is 1. The van der Waals surface area contributed by atoms with Crippen molar-refractivity contribution in [3.8, 4) is 0 Å². The summed E-state index contributed by atoms with van der Waals surface area (Å²) in [5, 5.41) is 3.07. The lowest BCUT2D eigenvalue weighted by molar-refractivity contribution is -0.136. The van der Waals surface area contributed by atoms with Gasteiger partial charge in [-0.1, -0.05) is 12.1 Å². The molecule has 0 aromatic heterocycles. The van der Waals surface area contributed by atoms with Gasteiger partial charge in [0.15, 0.2) is 5.11 Å². The monoisotopic (exact) mass is 338 g/mol. The second kappa shape index (κ2) is 6.87. The smallest absolute Gasteiger partial charge is 0.337 e. The summed E-state index contributed by atoms with van der Waals surface area (Å²) in [5.74, 6) is -2.22. The van der Waals surface area contributed by atoms with E-state index in [-0.39, 0.29) is 16.2 Å². The molecular weight excluding hydrogens is 322 g/mol. The molecule has 1 atom stereocenters. The van der Waals surface area contributed by atoms with Crippen molar-refractivity contribution < 1.29 is 18.3 Å². The molecule has 0 saturated heterocycles. The Morgan fingerprint density at radius 1 is 1.48 bits per heavy atom. The number of halogens is 2. The van der Waals surface area contributed by atoms with E-state index in [1.54, 1.807) is 17.9 Å². The van der Waals surface area contributed by atoms with Gasteiger partial charge in [0.05, 0.1) is 24.3 Å². The Hall–Kier alpha value is -2.28. The van der Waals surface area contributed by atoms with Gasteiger partial charge in [-0.2, -0.15) is 0 Å². The summed E-state index contributed by atoms with van der Waals surface area (Å²) in [7, 11) is 1.21. The van der Waals surface area contributed by atoms with Gasteiger partial charge >= 0.3 is 5.97 Å². The van der Waals surface area contributed by atoms with Crippen LogP contribution in [0.25, 0.3) is 0 Å². The zero-order chi connectivity index (χ0) is 17.1. The number of methoxy groups -OCH3 is 1. The lowest BCUT2D eigenvalue weighted by atomic mass is 9.94. The van der Waals surface area contributed by atoms with E-state index in [1.165, 1.54) is 13.2 Å². The number of allylic oxidation sites excluding steroid dienone is 1. The fraction of sp³-hybridized carbons (Fsp3) is 0.250. The van der Waals surface area contributed by atoms with E-state index < -0.39 is 23.6 Å². The van der Waals surface area contributed by atoms with Gasteiger partial charge in [0.25, 0.3) is 0 Å². The van der Waals surface area contributed by atoms with Crippen LogP contribution in [0.3, 0.4) is 0 Å². The van der Waals surface area contributed by atoms with Crippen molar-refractivity contribution in [3.05, 3.63) is 59.3 Å². The number of nitrogens with zero attached hydrogens (tertiary/aromatic N) is 1. The molecule has 1 aliphatic heterocycles. The minimum absolute atomic E-state index is 0.104. The van der Waals surface area contributed by atoms with Gasteiger partial charge < -0.3 is 15.0 Å². The highest BCUT2D eigenvalue weighted by Crippen LogP contribution is 2.33. The lowest BCUT2D eigenvalue weighted by Crippen LogP contribution is -2.48. The molecule has 1 heterocycles. The average Bonchev–Trinajstić information content (AvgIpc) is 2.50. The number of ether oxygens (including phenoxy) is 1. The zero-order valence-electron chi connectivity index (χ0n) is 12.7. The van der Waals surface area contributed by atoms with Gasteiger partial charge in [-0.25, -0.2) is 13.6 Å². The highest BCUT2D eigenvalue weighted by Gasteiger charge is 2.36. The first-order valence-corrected chi connectivity index (χ1v) is 7.25. The summed E-state index contributed by atoms with van der Waals surface area (Å²) in [6.45, 7) is 5.63. The van der Waals surface area contributed by atoms with Crippen LogP contribution in [0.15, 0.2) is 42.1 Å². The number of rotatable bonds is 4. The van der Waals surface area contributed by atoms with Gasteiger partial charge in [0.1, 0.15) is 11.6 Å². The number of hydrogen-bond acceptors (Lipinski definition) is 3. The van der Waals surface area contributed by atoms with E-state index in [2.05, 4.69) is 11.9 Å². The quantitative estimate of drug-likeness (QED) is 0.519. The van der Waals surface area contributed by atoms with E-state index in [4.69, 9.17) is 17.0 Å². The molecular formula is C16H16F2N2O2S. The molecule has 1 aliphatic rings. The maximum absolute atomic E-state index is 14.1. The maximum atomic E-state index is 14.1. The van der Waals surface area contributed by atoms with E-state index in [9.17, 15) is 13.6 Å². The molecule has 1 N–H and O–H groups in total. The summed E-state index contributed by atoms with van der Waals surface area (Å²) in [4.78, 5) is 13.8. The second-order valence-electron chi connectivity index (χ2n) is 4.91. The van der Waals surface area contributed by atoms with Crippen molar-refractivity contribution in [1.29, 1.82) is 0 Å². The molecule has 0 fully saturated rings. The molecule has 7 heteroatoms. The van der Waals surface area contributed by atoms with E-state index >= 15 is 0 Å². The van der Waals surface area contributed by atoms with Crippen molar-refractivity contribution in [1.82, 2.24) is 10.2 Å². The highest BCUT2D eigenvalue weighted by molar-refractivity contribution is 7.80. The first kappa shape index (κ1) is 17.1. The molecule has 122 valence electrons. The molecule has 0 radical (unpaired) electrons.